The van der Waals surface area contributed by atoms with Crippen molar-refractivity contribution >= 4 is 18.0 Å². The van der Waals surface area contributed by atoms with Gasteiger partial charge in [0, 0.05) is 38.7 Å². The Labute approximate surface area is 224 Å². The molecule has 6 heteroatoms. The Morgan fingerprint density at radius 2 is 2.05 bits per heavy atom. The molecule has 0 unspecified atom stereocenters. The van der Waals surface area contributed by atoms with Crippen molar-refractivity contribution in [3.8, 4) is 5.75 Å². The summed E-state index contributed by atoms with van der Waals surface area (Å²) in [5.41, 5.74) is 3.41. The van der Waals surface area contributed by atoms with E-state index in [1.54, 1.807) is 6.08 Å². The molecule has 1 saturated carbocycles. The van der Waals surface area contributed by atoms with Crippen molar-refractivity contribution in [2.24, 2.45) is 0 Å². The molecule has 2 bridgehead atoms. The number of likely N-dealkylation sites (N-methyl/N-ethyl adjacent to an activating group) is 1. The summed E-state index contributed by atoms with van der Waals surface area (Å²) in [6, 6.07) is 14.3. The van der Waals surface area contributed by atoms with Crippen molar-refractivity contribution in [3.05, 3.63) is 83.4 Å². The van der Waals surface area contributed by atoms with Gasteiger partial charge in [0.25, 0.3) is 0 Å². The van der Waals surface area contributed by atoms with E-state index in [4.69, 9.17) is 9.47 Å². The van der Waals surface area contributed by atoms with E-state index < -0.39 is 11.0 Å². The van der Waals surface area contributed by atoms with Crippen LogP contribution in [0.2, 0.25) is 0 Å². The lowest BCUT2D eigenvalue weighted by atomic mass is 9.48. The van der Waals surface area contributed by atoms with E-state index in [2.05, 4.69) is 29.7 Å². The normalized spacial score (nSPS) is 30.9. The summed E-state index contributed by atoms with van der Waals surface area (Å²) in [4.78, 5) is 30.4. The van der Waals surface area contributed by atoms with Crippen LogP contribution in [0.4, 0.5) is 0 Å². The highest BCUT2D eigenvalue weighted by Crippen LogP contribution is 2.65. The summed E-state index contributed by atoms with van der Waals surface area (Å²) in [6.45, 7) is 9.16. The molecule has 1 saturated heterocycles. The van der Waals surface area contributed by atoms with Crippen LogP contribution in [0.1, 0.15) is 48.4 Å². The number of ether oxygens (including phenoxy) is 2. The van der Waals surface area contributed by atoms with Gasteiger partial charge >= 0.3 is 5.97 Å². The molecule has 2 aromatic rings. The highest BCUT2D eigenvalue weighted by molar-refractivity contribution is 5.92. The Balaban J connectivity index is 1.41. The molecule has 2 aliphatic carbocycles. The zero-order chi connectivity index (χ0) is 26.7. The summed E-state index contributed by atoms with van der Waals surface area (Å²) in [6.07, 6.45) is 8.17. The van der Waals surface area contributed by atoms with Crippen molar-refractivity contribution in [3.63, 3.8) is 0 Å². The van der Waals surface area contributed by atoms with Gasteiger partial charge in [-0.15, -0.1) is 6.58 Å². The molecule has 2 heterocycles. The third-order valence-corrected chi connectivity index (χ3v) is 9.40. The van der Waals surface area contributed by atoms with Gasteiger partial charge in [-0.1, -0.05) is 48.0 Å². The number of amides is 1. The number of hydrogen-bond donors (Lipinski definition) is 0. The quantitative estimate of drug-likeness (QED) is 0.325. The lowest BCUT2D eigenvalue weighted by molar-refractivity contribution is -0.222. The molecule has 1 spiro atoms. The van der Waals surface area contributed by atoms with Gasteiger partial charge < -0.3 is 14.4 Å². The van der Waals surface area contributed by atoms with E-state index >= 15 is 0 Å². The average molecular weight is 513 g/mol. The van der Waals surface area contributed by atoms with Crippen molar-refractivity contribution in [2.75, 3.05) is 20.1 Å². The second-order valence-electron chi connectivity index (χ2n) is 11.3. The number of carbonyl (C=O) groups excluding carboxylic acids is 2. The number of rotatable bonds is 6. The summed E-state index contributed by atoms with van der Waals surface area (Å²) in [5.74, 6) is 0.567. The number of piperidine rings is 1. The maximum absolute atomic E-state index is 13.5. The van der Waals surface area contributed by atoms with Crippen molar-refractivity contribution in [1.82, 2.24) is 9.80 Å². The first kappa shape index (κ1) is 24.9. The predicted octanol–water partition coefficient (Wildman–Crippen LogP) is 4.45. The largest absolute Gasteiger partial charge is 0.487 e. The molecule has 38 heavy (non-hydrogen) atoms. The monoisotopic (exact) mass is 512 g/mol. The number of nitrogens with zero attached hydrogens (tertiary/aromatic N) is 2. The van der Waals surface area contributed by atoms with Gasteiger partial charge in [-0.2, -0.15) is 0 Å². The van der Waals surface area contributed by atoms with Crippen LogP contribution in [0.25, 0.3) is 6.08 Å². The Kier molecular flexibility index (Phi) is 5.98. The minimum absolute atomic E-state index is 0.0354. The summed E-state index contributed by atoms with van der Waals surface area (Å²) in [5, 5.41) is 0. The minimum Gasteiger partial charge on any atom is -0.487 e. The number of benzene rings is 2. The van der Waals surface area contributed by atoms with Crippen LogP contribution in [-0.2, 0) is 26.2 Å². The SMILES string of the molecule is C=CCN1CC[C@]23c4c5cccc4O[C@H]2[C@@H](N(C)C(=O)C=Cc2cccc(C)c2)CC[C@@]3(OC(C)=O)[C@H]1C5. The van der Waals surface area contributed by atoms with Gasteiger partial charge in [-0.25, -0.2) is 0 Å². The molecule has 0 radical (unpaired) electrons. The van der Waals surface area contributed by atoms with Gasteiger partial charge in [-0.05, 0) is 55.9 Å². The number of esters is 1. The molecule has 0 N–H and O–H groups in total. The number of carbonyl (C=O) groups is 2. The topological polar surface area (TPSA) is 59.1 Å². The van der Waals surface area contributed by atoms with Crippen LogP contribution in [0.5, 0.6) is 5.75 Å². The van der Waals surface area contributed by atoms with Gasteiger partial charge in [0.05, 0.1) is 17.5 Å². The third-order valence-electron chi connectivity index (χ3n) is 9.40. The van der Waals surface area contributed by atoms with E-state index in [0.717, 1.165) is 42.8 Å². The van der Waals surface area contributed by atoms with Crippen molar-refractivity contribution < 1.29 is 19.1 Å². The molecule has 0 aromatic heterocycles. The Morgan fingerprint density at radius 1 is 1.24 bits per heavy atom. The fourth-order valence-electron chi connectivity index (χ4n) is 8.01. The first-order valence-corrected chi connectivity index (χ1v) is 13.7. The van der Waals surface area contributed by atoms with E-state index in [0.29, 0.717) is 12.8 Å². The molecule has 1 amide bonds. The smallest absolute Gasteiger partial charge is 0.303 e. The van der Waals surface area contributed by atoms with Crippen LogP contribution in [0.15, 0.2) is 61.2 Å². The molecule has 2 aliphatic heterocycles. The van der Waals surface area contributed by atoms with Crippen LogP contribution < -0.4 is 4.74 Å². The van der Waals surface area contributed by atoms with Gasteiger partial charge in [0.1, 0.15) is 17.5 Å². The molecule has 6 nitrogen and oxygen atoms in total. The first-order chi connectivity index (χ1) is 18.3. The predicted molar refractivity (Wildman–Crippen MR) is 147 cm³/mol. The second kappa shape index (κ2) is 9.12. The number of hydrogen-bond acceptors (Lipinski definition) is 5. The fraction of sp³-hybridized carbons (Fsp3) is 0.438. The van der Waals surface area contributed by atoms with E-state index in [9.17, 15) is 9.59 Å². The fourth-order valence-corrected chi connectivity index (χ4v) is 8.01. The summed E-state index contributed by atoms with van der Waals surface area (Å²) in [7, 11) is 1.88. The van der Waals surface area contributed by atoms with Gasteiger partial charge in [0.2, 0.25) is 5.91 Å². The molecule has 4 aliphatic rings. The maximum atomic E-state index is 13.5. The summed E-state index contributed by atoms with van der Waals surface area (Å²) < 4.78 is 13.3. The Hall–Kier alpha value is -3.38. The average Bonchev–Trinajstić information content (AvgIpc) is 3.23. The zero-order valence-corrected chi connectivity index (χ0v) is 22.5. The van der Waals surface area contributed by atoms with Gasteiger partial charge in [-0.3, -0.25) is 14.5 Å². The molecular formula is C32H36N2O4. The third kappa shape index (κ3) is 3.49. The lowest BCUT2D eigenvalue weighted by Gasteiger charge is -2.65. The number of aryl methyl sites for hydroxylation is 1. The van der Waals surface area contributed by atoms with Crippen molar-refractivity contribution in [2.45, 2.75) is 68.7 Å². The van der Waals surface area contributed by atoms with E-state index in [-0.39, 0.29) is 30.1 Å². The molecule has 2 fully saturated rings. The maximum Gasteiger partial charge on any atom is 0.303 e. The molecule has 198 valence electrons. The minimum atomic E-state index is -0.706. The zero-order valence-electron chi connectivity index (χ0n) is 22.5. The summed E-state index contributed by atoms with van der Waals surface area (Å²) >= 11 is 0. The highest BCUT2D eigenvalue weighted by Gasteiger charge is 2.75. The molecule has 6 rings (SSSR count). The van der Waals surface area contributed by atoms with Crippen molar-refractivity contribution in [1.29, 1.82) is 0 Å². The van der Waals surface area contributed by atoms with Crippen LogP contribution >= 0.6 is 0 Å². The Bertz CT molecular complexity index is 1330. The standard InChI is InChI=1S/C32H36N2O4/c1-5-17-34-18-16-31-29-24-10-7-11-26(29)37-30(31)25(14-15-32(31,27(34)20-24)38-22(3)35)33(4)28(36)13-12-23-9-6-8-21(2)19-23/h5-13,19,25,27,30H,1,14-18,20H2,2-4H3/t25-,27+,30-,31-,32+/m0/s1. The number of likely N-dealkylation sites (tertiary alicyclic amines) is 1. The van der Waals surface area contributed by atoms with E-state index in [1.165, 1.54) is 18.1 Å². The first-order valence-electron chi connectivity index (χ1n) is 13.7. The Morgan fingerprint density at radius 3 is 2.82 bits per heavy atom. The molecule has 2 aromatic carbocycles. The second-order valence-corrected chi connectivity index (χ2v) is 11.3. The van der Waals surface area contributed by atoms with Gasteiger partial charge in [0.15, 0.2) is 0 Å². The van der Waals surface area contributed by atoms with E-state index in [1.807, 2.05) is 55.3 Å². The van der Waals surface area contributed by atoms with Crippen LogP contribution in [-0.4, -0.2) is 65.6 Å². The van der Waals surface area contributed by atoms with Crippen LogP contribution in [0, 0.1) is 6.92 Å². The molecular weight excluding hydrogens is 476 g/mol. The highest BCUT2D eigenvalue weighted by atomic mass is 16.6. The lowest BCUT2D eigenvalue weighted by Crippen LogP contribution is -2.79. The molecule has 5 atom stereocenters. The van der Waals surface area contributed by atoms with Crippen LogP contribution in [0.3, 0.4) is 0 Å².